The zero-order valence-electron chi connectivity index (χ0n) is 23.4. The molecule has 7 rings (SSSR count). The summed E-state index contributed by atoms with van der Waals surface area (Å²) < 4.78 is 36.3. The molecule has 4 N–H and O–H groups in total. The van der Waals surface area contributed by atoms with Crippen molar-refractivity contribution in [2.24, 2.45) is 35.3 Å². The van der Waals surface area contributed by atoms with Crippen molar-refractivity contribution in [3.63, 3.8) is 0 Å². The van der Waals surface area contributed by atoms with Crippen molar-refractivity contribution in [2.75, 3.05) is 6.54 Å². The Hall–Kier alpha value is -1.56. The van der Waals surface area contributed by atoms with Crippen LogP contribution in [0.1, 0.15) is 83.6 Å². The van der Waals surface area contributed by atoms with Crippen molar-refractivity contribution < 1.29 is 32.3 Å². The molecular formula is C29H44N2O7S. The molecular weight excluding hydrogens is 520 g/mol. The molecule has 0 unspecified atom stereocenters. The van der Waals surface area contributed by atoms with Crippen LogP contribution in [-0.4, -0.2) is 42.5 Å². The van der Waals surface area contributed by atoms with Crippen LogP contribution >= 0.6 is 0 Å². The molecule has 0 aromatic heterocycles. The molecule has 5 aliphatic carbocycles. The van der Waals surface area contributed by atoms with Gasteiger partial charge in [0.25, 0.3) is 10.1 Å². The van der Waals surface area contributed by atoms with Gasteiger partial charge in [0.1, 0.15) is 0 Å². The topological polar surface area (TPSA) is 137 Å². The summed E-state index contributed by atoms with van der Waals surface area (Å²) >= 11 is 0. The Morgan fingerprint density at radius 1 is 1.03 bits per heavy atom. The van der Waals surface area contributed by atoms with Crippen LogP contribution in [0.4, 0.5) is 0 Å². The molecule has 1 saturated heterocycles. The maximum Gasteiger partial charge on any atom is 0.294 e. The molecule has 6 aliphatic rings. The maximum atomic E-state index is 12.2. The third-order valence-electron chi connectivity index (χ3n) is 9.35. The number of aryl methyl sites for hydroxylation is 1. The van der Waals surface area contributed by atoms with E-state index in [2.05, 4.69) is 5.32 Å². The van der Waals surface area contributed by atoms with E-state index >= 15 is 0 Å². The minimum atomic E-state index is -4.02. The van der Waals surface area contributed by atoms with E-state index in [0.29, 0.717) is 30.7 Å². The summed E-state index contributed by atoms with van der Waals surface area (Å²) in [5, 5.41) is 2.96. The lowest BCUT2D eigenvalue weighted by atomic mass is 9.53. The second-order valence-electron chi connectivity index (χ2n) is 13.4. The van der Waals surface area contributed by atoms with Gasteiger partial charge in [-0.15, -0.1) is 0 Å². The number of amides is 1. The van der Waals surface area contributed by atoms with E-state index in [-0.39, 0.29) is 16.3 Å². The van der Waals surface area contributed by atoms with Crippen molar-refractivity contribution in [3.05, 3.63) is 29.8 Å². The first-order valence-corrected chi connectivity index (χ1v) is 15.9. The Morgan fingerprint density at radius 2 is 1.59 bits per heavy atom. The Labute approximate surface area is 232 Å². The Kier molecular flexibility index (Phi) is 7.93. The van der Waals surface area contributed by atoms with Gasteiger partial charge in [-0.05, 0) is 95.6 Å². The van der Waals surface area contributed by atoms with Gasteiger partial charge < -0.3 is 15.8 Å². The van der Waals surface area contributed by atoms with E-state index in [0.717, 1.165) is 43.1 Å². The second-order valence-corrected chi connectivity index (χ2v) is 14.8. The first kappa shape index (κ1) is 29.0. The highest BCUT2D eigenvalue weighted by molar-refractivity contribution is 7.85. The Balaban J connectivity index is 0.000000237. The number of benzene rings is 1. The molecule has 218 valence electrons. The zero-order chi connectivity index (χ0) is 28.1. The molecule has 1 heterocycles. The summed E-state index contributed by atoms with van der Waals surface area (Å²) in [5.41, 5.74) is 6.53. The zero-order valence-corrected chi connectivity index (χ0v) is 24.2. The third-order valence-corrected chi connectivity index (χ3v) is 10.2. The molecule has 1 amide bonds. The summed E-state index contributed by atoms with van der Waals surface area (Å²) in [5.74, 6) is 2.19. The van der Waals surface area contributed by atoms with Crippen molar-refractivity contribution in [1.82, 2.24) is 5.32 Å². The van der Waals surface area contributed by atoms with Gasteiger partial charge in [-0.2, -0.15) is 18.2 Å². The molecule has 4 bridgehead atoms. The van der Waals surface area contributed by atoms with E-state index < -0.39 is 21.7 Å². The Morgan fingerprint density at radius 3 is 2.10 bits per heavy atom. The van der Waals surface area contributed by atoms with Gasteiger partial charge in [0, 0.05) is 43.2 Å². The molecule has 39 heavy (non-hydrogen) atoms. The quantitative estimate of drug-likeness (QED) is 0.351. The number of hydrogen-bond acceptors (Lipinski definition) is 7. The standard InChI is InChI=1S/C22H36N2O4.C7H8O3S/c1-20(2,23)13-24-19(25)12-14-3-5-21(6-4-14)26-22(28-27-21)17-8-15-7-16(10-17)11-18(22)9-15;1-6-2-4-7(5-3-6)11(8,9)10/h14-18H,3-13,23H2,1-2H3,(H,24,25);2-5H,1H3,(H,8,9,10)/t14-,15?,16?,17?,18?,21+,22-;. The van der Waals surface area contributed by atoms with Crippen molar-refractivity contribution in [1.29, 1.82) is 0 Å². The van der Waals surface area contributed by atoms with Gasteiger partial charge in [0.15, 0.2) is 0 Å². The maximum absolute atomic E-state index is 12.2. The fourth-order valence-corrected chi connectivity index (χ4v) is 7.97. The lowest BCUT2D eigenvalue weighted by Crippen LogP contribution is -2.59. The SMILES string of the molecule is CC(C)(N)CNC(=O)C[C@H]1CC[C@]2(CC1)OO[C@]1(O2)C2CC3CC(C2)CC1C3.Cc1ccc(S(=O)(=O)O)cc1. The summed E-state index contributed by atoms with van der Waals surface area (Å²) in [7, 11) is -4.02. The van der Waals surface area contributed by atoms with Gasteiger partial charge in [-0.1, -0.05) is 17.7 Å². The van der Waals surface area contributed by atoms with Crippen molar-refractivity contribution in [2.45, 2.75) is 107 Å². The van der Waals surface area contributed by atoms with E-state index in [1.807, 2.05) is 20.8 Å². The average Bonchev–Trinajstić information content (AvgIpc) is 3.22. The number of rotatable bonds is 5. The fraction of sp³-hybridized carbons (Fsp3) is 0.759. The number of carbonyl (C=O) groups excluding carboxylic acids is 1. The van der Waals surface area contributed by atoms with Gasteiger partial charge in [-0.3, -0.25) is 9.35 Å². The van der Waals surface area contributed by atoms with E-state index in [9.17, 15) is 13.2 Å². The number of carbonyl (C=O) groups is 1. The normalized spacial score (nSPS) is 37.1. The molecule has 1 aromatic rings. The van der Waals surface area contributed by atoms with Crippen molar-refractivity contribution in [3.8, 4) is 0 Å². The van der Waals surface area contributed by atoms with Crippen molar-refractivity contribution >= 4 is 16.0 Å². The number of nitrogens with one attached hydrogen (secondary N) is 1. The number of ether oxygens (including phenoxy) is 1. The monoisotopic (exact) mass is 564 g/mol. The summed E-state index contributed by atoms with van der Waals surface area (Å²) in [6.07, 6.45) is 10.5. The van der Waals surface area contributed by atoms with Crippen LogP contribution in [0.2, 0.25) is 0 Å². The summed E-state index contributed by atoms with van der Waals surface area (Å²) in [6.45, 7) is 6.20. The van der Waals surface area contributed by atoms with Gasteiger partial charge in [0.2, 0.25) is 17.5 Å². The first-order valence-electron chi connectivity index (χ1n) is 14.4. The van der Waals surface area contributed by atoms with Crippen LogP contribution in [0.15, 0.2) is 29.2 Å². The minimum Gasteiger partial charge on any atom is -0.354 e. The largest absolute Gasteiger partial charge is 0.354 e. The molecule has 1 aromatic carbocycles. The van der Waals surface area contributed by atoms with Crippen LogP contribution in [0, 0.1) is 36.5 Å². The fourth-order valence-electron chi connectivity index (χ4n) is 7.49. The molecule has 0 atom stereocenters. The van der Waals surface area contributed by atoms with Crippen LogP contribution in [0.25, 0.3) is 0 Å². The van der Waals surface area contributed by atoms with E-state index in [1.54, 1.807) is 12.1 Å². The minimum absolute atomic E-state index is 0.0666. The number of hydrogen-bond donors (Lipinski definition) is 3. The second kappa shape index (κ2) is 10.7. The van der Waals surface area contributed by atoms with Crippen LogP contribution in [-0.2, 0) is 29.4 Å². The molecule has 0 radical (unpaired) electrons. The highest BCUT2D eigenvalue weighted by Crippen LogP contribution is 2.63. The highest BCUT2D eigenvalue weighted by atomic mass is 32.2. The van der Waals surface area contributed by atoms with Gasteiger partial charge >= 0.3 is 0 Å². The molecule has 10 heteroatoms. The van der Waals surface area contributed by atoms with Gasteiger partial charge in [0.05, 0.1) is 4.90 Å². The van der Waals surface area contributed by atoms with E-state index in [4.69, 9.17) is 24.8 Å². The van der Waals surface area contributed by atoms with Crippen LogP contribution < -0.4 is 11.1 Å². The molecule has 5 saturated carbocycles. The van der Waals surface area contributed by atoms with E-state index in [1.165, 1.54) is 44.2 Å². The highest BCUT2D eigenvalue weighted by Gasteiger charge is 2.66. The predicted molar refractivity (Wildman–Crippen MR) is 145 cm³/mol. The lowest BCUT2D eigenvalue weighted by Gasteiger charge is -2.57. The van der Waals surface area contributed by atoms with Crippen LogP contribution in [0.5, 0.6) is 0 Å². The predicted octanol–water partition coefficient (Wildman–Crippen LogP) is 4.49. The smallest absolute Gasteiger partial charge is 0.294 e. The molecule has 9 nitrogen and oxygen atoms in total. The molecule has 2 spiro atoms. The number of nitrogens with two attached hydrogens (primary N) is 1. The van der Waals surface area contributed by atoms with Crippen LogP contribution in [0.3, 0.4) is 0 Å². The molecule has 1 aliphatic heterocycles. The lowest BCUT2D eigenvalue weighted by molar-refractivity contribution is -0.390. The summed E-state index contributed by atoms with van der Waals surface area (Å²) in [4.78, 5) is 24.2. The first-order chi connectivity index (χ1) is 18.3. The third kappa shape index (κ3) is 6.52. The van der Waals surface area contributed by atoms with Gasteiger partial charge in [-0.25, -0.2) is 0 Å². The Bertz CT molecular complexity index is 1110. The molecule has 6 fully saturated rings. The average molecular weight is 565 g/mol. The summed E-state index contributed by atoms with van der Waals surface area (Å²) in [6, 6.07) is 5.99.